The summed E-state index contributed by atoms with van der Waals surface area (Å²) in [6.07, 6.45) is 4.19. The number of aromatic nitrogens is 3. The lowest BCUT2D eigenvalue weighted by Crippen LogP contribution is -2.48. The average molecular weight is 431 g/mol. The summed E-state index contributed by atoms with van der Waals surface area (Å²) in [6, 6.07) is 9.76. The van der Waals surface area contributed by atoms with Gasteiger partial charge in [-0.25, -0.2) is 18.7 Å². The van der Waals surface area contributed by atoms with E-state index in [0.717, 1.165) is 5.39 Å². The number of anilines is 1. The van der Waals surface area contributed by atoms with Gasteiger partial charge in [-0.15, -0.1) is 0 Å². The number of rotatable bonds is 3. The summed E-state index contributed by atoms with van der Waals surface area (Å²) >= 11 is 0. The van der Waals surface area contributed by atoms with Gasteiger partial charge in [0.2, 0.25) is 5.91 Å². The highest BCUT2D eigenvalue weighted by atomic mass is 19.1. The zero-order chi connectivity index (χ0) is 22.2. The molecular formula is C24H19F2N5O. The Balaban J connectivity index is 1.56. The number of carbonyl (C=O) groups excluding carboxylic acids is 1. The zero-order valence-corrected chi connectivity index (χ0v) is 17.1. The van der Waals surface area contributed by atoms with Gasteiger partial charge in [0, 0.05) is 37.9 Å². The summed E-state index contributed by atoms with van der Waals surface area (Å²) in [6.45, 7) is 5.67. The molecule has 0 bridgehead atoms. The van der Waals surface area contributed by atoms with Crippen LogP contribution in [0, 0.1) is 11.6 Å². The standard InChI is InChI=1S/C24H19F2N5O/c1-2-20(32)30-8-10-31(11-9-30)24-19-13-27-22(21(26)23(19)28-14-29-24)17-5-3-4-15-6-7-16(25)12-18(15)17/h2-7,12-14H,1,8-11H2. The molecule has 0 saturated carbocycles. The van der Waals surface area contributed by atoms with Crippen molar-refractivity contribution in [1.29, 1.82) is 0 Å². The lowest BCUT2D eigenvalue weighted by atomic mass is 10.0. The molecule has 1 saturated heterocycles. The molecule has 32 heavy (non-hydrogen) atoms. The Labute approximate surface area is 182 Å². The van der Waals surface area contributed by atoms with E-state index in [0.29, 0.717) is 48.3 Å². The largest absolute Gasteiger partial charge is 0.352 e. The van der Waals surface area contributed by atoms with Crippen molar-refractivity contribution >= 4 is 33.4 Å². The van der Waals surface area contributed by atoms with Gasteiger partial charge in [-0.2, -0.15) is 0 Å². The van der Waals surface area contributed by atoms with Gasteiger partial charge in [0.05, 0.1) is 5.39 Å². The molecule has 0 aliphatic carbocycles. The smallest absolute Gasteiger partial charge is 0.246 e. The molecule has 2 aromatic heterocycles. The van der Waals surface area contributed by atoms with Crippen LogP contribution in [0.15, 0.2) is 61.6 Å². The van der Waals surface area contributed by atoms with Crippen molar-refractivity contribution in [1.82, 2.24) is 19.9 Å². The third-order valence-electron chi connectivity index (χ3n) is 5.77. The first-order valence-corrected chi connectivity index (χ1v) is 10.2. The Morgan fingerprint density at radius 3 is 2.59 bits per heavy atom. The second kappa shape index (κ2) is 7.96. The minimum atomic E-state index is -0.580. The maximum absolute atomic E-state index is 15.6. The van der Waals surface area contributed by atoms with Crippen molar-refractivity contribution in [2.24, 2.45) is 0 Å². The minimum absolute atomic E-state index is 0.110. The molecule has 3 heterocycles. The van der Waals surface area contributed by atoms with E-state index in [-0.39, 0.29) is 17.1 Å². The van der Waals surface area contributed by atoms with Crippen LogP contribution in [0.5, 0.6) is 0 Å². The highest BCUT2D eigenvalue weighted by molar-refractivity contribution is 5.99. The second-order valence-electron chi connectivity index (χ2n) is 7.57. The molecule has 1 fully saturated rings. The minimum Gasteiger partial charge on any atom is -0.352 e. The van der Waals surface area contributed by atoms with Crippen LogP contribution < -0.4 is 4.90 Å². The van der Waals surface area contributed by atoms with Gasteiger partial charge in [-0.1, -0.05) is 30.8 Å². The molecule has 8 heteroatoms. The predicted octanol–water partition coefficient (Wildman–Crippen LogP) is 3.96. The molecule has 0 unspecified atom stereocenters. The van der Waals surface area contributed by atoms with Crippen molar-refractivity contribution in [3.63, 3.8) is 0 Å². The number of pyridine rings is 1. The van der Waals surface area contributed by atoms with Gasteiger partial charge >= 0.3 is 0 Å². The van der Waals surface area contributed by atoms with Gasteiger partial charge in [0.25, 0.3) is 0 Å². The fraction of sp³-hybridized carbons (Fsp3) is 0.167. The number of amides is 1. The molecule has 4 aromatic rings. The number of benzene rings is 2. The summed E-state index contributed by atoms with van der Waals surface area (Å²) in [5.41, 5.74) is 0.760. The van der Waals surface area contributed by atoms with Crippen molar-refractivity contribution in [3.8, 4) is 11.3 Å². The van der Waals surface area contributed by atoms with Gasteiger partial charge < -0.3 is 9.80 Å². The Morgan fingerprint density at radius 2 is 1.81 bits per heavy atom. The van der Waals surface area contributed by atoms with Gasteiger partial charge in [-0.05, 0) is 29.0 Å². The van der Waals surface area contributed by atoms with Crippen molar-refractivity contribution in [2.45, 2.75) is 0 Å². The van der Waals surface area contributed by atoms with Crippen LogP contribution in [0.3, 0.4) is 0 Å². The van der Waals surface area contributed by atoms with E-state index < -0.39 is 11.6 Å². The zero-order valence-electron chi connectivity index (χ0n) is 17.1. The number of nitrogens with zero attached hydrogens (tertiary/aromatic N) is 5. The topological polar surface area (TPSA) is 62.2 Å². The lowest BCUT2D eigenvalue weighted by molar-refractivity contribution is -0.126. The van der Waals surface area contributed by atoms with Crippen LogP contribution in [0.1, 0.15) is 0 Å². The lowest BCUT2D eigenvalue weighted by Gasteiger charge is -2.35. The van der Waals surface area contributed by atoms with E-state index >= 15 is 4.39 Å². The van der Waals surface area contributed by atoms with E-state index in [2.05, 4.69) is 21.5 Å². The fourth-order valence-electron chi connectivity index (χ4n) is 4.14. The summed E-state index contributed by atoms with van der Waals surface area (Å²) in [5.74, 6) is -0.517. The quantitative estimate of drug-likeness (QED) is 0.460. The number of carbonyl (C=O) groups is 1. The van der Waals surface area contributed by atoms with E-state index in [9.17, 15) is 9.18 Å². The molecule has 5 rings (SSSR count). The third kappa shape index (κ3) is 3.33. The van der Waals surface area contributed by atoms with Crippen LogP contribution >= 0.6 is 0 Å². The summed E-state index contributed by atoms with van der Waals surface area (Å²) in [5, 5.41) is 1.86. The van der Waals surface area contributed by atoms with Crippen molar-refractivity contribution in [3.05, 3.63) is 73.2 Å². The molecule has 0 spiro atoms. The molecule has 0 N–H and O–H groups in total. The molecule has 1 aliphatic rings. The Morgan fingerprint density at radius 1 is 1.00 bits per heavy atom. The fourth-order valence-corrected chi connectivity index (χ4v) is 4.14. The first-order valence-electron chi connectivity index (χ1n) is 10.2. The maximum Gasteiger partial charge on any atom is 0.246 e. The van der Waals surface area contributed by atoms with E-state index in [1.807, 2.05) is 11.0 Å². The second-order valence-corrected chi connectivity index (χ2v) is 7.57. The van der Waals surface area contributed by atoms with Crippen LogP contribution in [0.4, 0.5) is 14.6 Å². The summed E-state index contributed by atoms with van der Waals surface area (Å²) < 4.78 is 29.5. The normalized spacial score (nSPS) is 14.2. The van der Waals surface area contributed by atoms with Gasteiger partial charge in [0.1, 0.15) is 29.2 Å². The van der Waals surface area contributed by atoms with Gasteiger partial charge in [-0.3, -0.25) is 9.78 Å². The maximum atomic E-state index is 15.6. The Kier molecular flexibility index (Phi) is 4.97. The molecule has 6 nitrogen and oxygen atoms in total. The Bertz CT molecular complexity index is 1370. The van der Waals surface area contributed by atoms with Crippen LogP contribution in [0.2, 0.25) is 0 Å². The first-order chi connectivity index (χ1) is 15.6. The van der Waals surface area contributed by atoms with Crippen molar-refractivity contribution in [2.75, 3.05) is 31.1 Å². The summed E-state index contributed by atoms with van der Waals surface area (Å²) in [7, 11) is 0. The molecule has 0 atom stereocenters. The molecule has 1 aliphatic heterocycles. The van der Waals surface area contributed by atoms with Gasteiger partial charge in [0.15, 0.2) is 5.82 Å². The van der Waals surface area contributed by atoms with E-state index in [1.54, 1.807) is 29.3 Å². The number of piperazine rings is 1. The third-order valence-corrected chi connectivity index (χ3v) is 5.77. The van der Waals surface area contributed by atoms with Crippen LogP contribution in [0.25, 0.3) is 32.9 Å². The average Bonchev–Trinajstić information content (AvgIpc) is 2.83. The molecule has 1 amide bonds. The van der Waals surface area contributed by atoms with Crippen LogP contribution in [-0.2, 0) is 4.79 Å². The van der Waals surface area contributed by atoms with Crippen molar-refractivity contribution < 1.29 is 13.6 Å². The molecule has 2 aromatic carbocycles. The SMILES string of the molecule is C=CC(=O)N1CCN(c2ncnc3c(F)c(-c4cccc5ccc(F)cc45)ncc23)CC1. The highest BCUT2D eigenvalue weighted by Gasteiger charge is 2.24. The number of hydrogen-bond donors (Lipinski definition) is 0. The molecular weight excluding hydrogens is 412 g/mol. The van der Waals surface area contributed by atoms with Crippen LogP contribution in [-0.4, -0.2) is 51.9 Å². The molecule has 160 valence electrons. The summed E-state index contributed by atoms with van der Waals surface area (Å²) in [4.78, 5) is 28.5. The first kappa shape index (κ1) is 20.0. The van der Waals surface area contributed by atoms with E-state index in [4.69, 9.17) is 0 Å². The van der Waals surface area contributed by atoms with E-state index in [1.165, 1.54) is 24.5 Å². The highest BCUT2D eigenvalue weighted by Crippen LogP contribution is 2.33. The number of fused-ring (bicyclic) bond motifs is 2. The predicted molar refractivity (Wildman–Crippen MR) is 119 cm³/mol. The monoisotopic (exact) mass is 431 g/mol. The number of hydrogen-bond acceptors (Lipinski definition) is 5. The Hall–Kier alpha value is -3.94. The number of halogens is 2. The molecule has 0 radical (unpaired) electrons.